The number of ether oxygens (including phenoxy) is 2. The summed E-state index contributed by atoms with van der Waals surface area (Å²) in [5, 5.41) is 0. The number of ketones is 1. The zero-order valence-electron chi connectivity index (χ0n) is 17.6. The number of rotatable bonds is 8. The van der Waals surface area contributed by atoms with Gasteiger partial charge in [0.25, 0.3) is 0 Å². The summed E-state index contributed by atoms with van der Waals surface area (Å²) in [6, 6.07) is 7.66. The lowest BCUT2D eigenvalue weighted by Gasteiger charge is -2.38. The largest absolute Gasteiger partial charge is 0.497 e. The molecule has 26 heavy (non-hydrogen) atoms. The van der Waals surface area contributed by atoms with Gasteiger partial charge in [0.1, 0.15) is 19.9 Å². The molecular weight excluding hydrogens is 340 g/mol. The van der Waals surface area contributed by atoms with Crippen LogP contribution in [0.25, 0.3) is 0 Å². The molecule has 0 fully saturated rings. The molecule has 3 nitrogen and oxygen atoms in total. The molecule has 0 aliphatic carbocycles. The molecule has 1 rings (SSSR count). The van der Waals surface area contributed by atoms with Gasteiger partial charge in [-0.25, -0.2) is 0 Å². The summed E-state index contributed by atoms with van der Waals surface area (Å²) in [4.78, 5) is 12.5. The van der Waals surface area contributed by atoms with E-state index < -0.39 is 14.2 Å². The van der Waals surface area contributed by atoms with Gasteiger partial charge >= 0.3 is 0 Å². The summed E-state index contributed by atoms with van der Waals surface area (Å²) in [5.41, 5.74) is 6.01. The molecule has 0 heterocycles. The van der Waals surface area contributed by atoms with Crippen molar-refractivity contribution in [3.05, 3.63) is 29.8 Å². The highest BCUT2D eigenvalue weighted by atomic mass is 28.3. The average molecular weight is 375 g/mol. The molecule has 0 saturated heterocycles. The molecule has 0 aliphatic heterocycles. The van der Waals surface area contributed by atoms with Crippen LogP contribution in [0.3, 0.4) is 0 Å². The van der Waals surface area contributed by atoms with E-state index in [1.165, 1.54) is 0 Å². The van der Waals surface area contributed by atoms with Crippen LogP contribution in [0.4, 0.5) is 0 Å². The molecule has 0 radical (unpaired) electrons. The second-order valence-electron chi connectivity index (χ2n) is 7.81. The Kier molecular flexibility index (Phi) is 8.59. The first kappa shape index (κ1) is 22.5. The number of benzene rings is 1. The Morgan fingerprint density at radius 3 is 1.88 bits per heavy atom. The predicted molar refractivity (Wildman–Crippen MR) is 111 cm³/mol. The van der Waals surface area contributed by atoms with E-state index in [1.807, 2.05) is 24.3 Å². The van der Waals surface area contributed by atoms with Gasteiger partial charge in [0.15, 0.2) is 0 Å². The van der Waals surface area contributed by atoms with Crippen molar-refractivity contribution in [3.63, 3.8) is 0 Å². The fourth-order valence-corrected chi connectivity index (χ4v) is 8.93. The number of hydrogen-bond donors (Lipinski definition) is 0. The van der Waals surface area contributed by atoms with Crippen molar-refractivity contribution in [2.24, 2.45) is 0 Å². The lowest BCUT2D eigenvalue weighted by atomic mass is 10.2. The van der Waals surface area contributed by atoms with Gasteiger partial charge in [-0.05, 0) is 47.2 Å². The second-order valence-corrected chi connectivity index (χ2v) is 13.4. The van der Waals surface area contributed by atoms with Gasteiger partial charge in [-0.1, -0.05) is 53.7 Å². The van der Waals surface area contributed by atoms with Gasteiger partial charge in [-0.2, -0.15) is 0 Å². The standard InChI is InChI=1S/C22H34O3Si/c1-16(2)26(17(3)4,18(5)6)14-13-22(23)19(7)25-15-20-9-11-21(24-8)12-10-20/h9-12,16-19H,15H2,1-8H3/t19-/m0/s1. The predicted octanol–water partition coefficient (Wildman–Crippen LogP) is 5.39. The fraction of sp³-hybridized carbons (Fsp3) is 0.591. The van der Waals surface area contributed by atoms with Crippen molar-refractivity contribution in [2.45, 2.75) is 77.8 Å². The maximum Gasteiger partial charge on any atom is 0.233 e. The van der Waals surface area contributed by atoms with Crippen LogP contribution in [-0.2, 0) is 16.1 Å². The summed E-state index contributed by atoms with van der Waals surface area (Å²) >= 11 is 0. The molecule has 0 bridgehead atoms. The molecule has 1 aromatic rings. The molecule has 1 atom stereocenters. The third-order valence-corrected chi connectivity index (χ3v) is 11.6. The van der Waals surface area contributed by atoms with Crippen LogP contribution in [0.2, 0.25) is 16.6 Å². The first-order chi connectivity index (χ1) is 12.1. The molecule has 4 heteroatoms. The molecule has 1 aromatic carbocycles. The highest BCUT2D eigenvalue weighted by Crippen LogP contribution is 2.40. The van der Waals surface area contributed by atoms with E-state index in [9.17, 15) is 4.79 Å². The molecule has 0 aromatic heterocycles. The summed E-state index contributed by atoms with van der Waals surface area (Å²) in [6.07, 6.45) is -0.525. The number of Topliss-reactive ketones (excluding diaryl/α,β-unsaturated/α-hetero) is 1. The molecule has 0 amide bonds. The van der Waals surface area contributed by atoms with E-state index in [4.69, 9.17) is 9.47 Å². The minimum absolute atomic E-state index is 0.127. The molecule has 0 N–H and O–H groups in total. The summed E-state index contributed by atoms with van der Waals surface area (Å²) in [6.45, 7) is 15.6. The van der Waals surface area contributed by atoms with Gasteiger partial charge < -0.3 is 9.47 Å². The normalized spacial score (nSPS) is 12.9. The molecule has 0 aliphatic rings. The van der Waals surface area contributed by atoms with Gasteiger partial charge in [0, 0.05) is 0 Å². The van der Waals surface area contributed by atoms with Crippen molar-refractivity contribution < 1.29 is 14.3 Å². The third kappa shape index (κ3) is 5.46. The zero-order valence-corrected chi connectivity index (χ0v) is 18.6. The Hall–Kier alpha value is -1.57. The van der Waals surface area contributed by atoms with Gasteiger partial charge in [0.05, 0.1) is 13.7 Å². The Balaban J connectivity index is 2.80. The lowest BCUT2D eigenvalue weighted by Crippen LogP contribution is -2.43. The quantitative estimate of drug-likeness (QED) is 0.452. The molecule has 0 saturated carbocycles. The third-order valence-electron chi connectivity index (χ3n) is 5.30. The fourth-order valence-electron chi connectivity index (χ4n) is 3.72. The van der Waals surface area contributed by atoms with Crippen LogP contribution in [0.15, 0.2) is 24.3 Å². The van der Waals surface area contributed by atoms with Crippen LogP contribution in [-0.4, -0.2) is 27.1 Å². The van der Waals surface area contributed by atoms with Gasteiger partial charge in [0.2, 0.25) is 5.78 Å². The van der Waals surface area contributed by atoms with Crippen LogP contribution in [0.5, 0.6) is 5.75 Å². The van der Waals surface area contributed by atoms with Crippen molar-refractivity contribution in [1.82, 2.24) is 0 Å². The van der Waals surface area contributed by atoms with Crippen molar-refractivity contribution in [3.8, 4) is 17.2 Å². The van der Waals surface area contributed by atoms with E-state index in [2.05, 4.69) is 53.0 Å². The second kappa shape index (κ2) is 9.94. The first-order valence-electron chi connectivity index (χ1n) is 9.46. The summed E-state index contributed by atoms with van der Waals surface area (Å²) in [5.74, 6) is 3.63. The van der Waals surface area contributed by atoms with E-state index in [1.54, 1.807) is 14.0 Å². The monoisotopic (exact) mass is 374 g/mol. The highest BCUT2D eigenvalue weighted by Gasteiger charge is 2.41. The minimum atomic E-state index is -1.89. The molecule has 144 valence electrons. The zero-order chi connectivity index (χ0) is 19.9. The van der Waals surface area contributed by atoms with Crippen LogP contribution in [0, 0.1) is 11.5 Å². The number of carbonyl (C=O) groups excluding carboxylic acids is 1. The Labute approximate surface area is 160 Å². The Morgan fingerprint density at radius 2 is 1.46 bits per heavy atom. The highest BCUT2D eigenvalue weighted by molar-refractivity contribution is 6.90. The molecule has 0 spiro atoms. The molecule has 0 unspecified atom stereocenters. The lowest BCUT2D eigenvalue weighted by molar-refractivity contribution is -0.124. The van der Waals surface area contributed by atoms with E-state index in [-0.39, 0.29) is 5.78 Å². The topological polar surface area (TPSA) is 35.5 Å². The molecular formula is C22H34O3Si. The van der Waals surface area contributed by atoms with Crippen molar-refractivity contribution >= 4 is 13.9 Å². The Bertz CT molecular complexity index is 614. The van der Waals surface area contributed by atoms with E-state index >= 15 is 0 Å². The van der Waals surface area contributed by atoms with Gasteiger partial charge in [-0.3, -0.25) is 4.79 Å². The summed E-state index contributed by atoms with van der Waals surface area (Å²) in [7, 11) is -0.246. The number of methoxy groups -OCH3 is 1. The van der Waals surface area contributed by atoms with E-state index in [0.29, 0.717) is 23.2 Å². The SMILES string of the molecule is COc1ccc(CO[C@@H](C)C(=O)C#C[Si](C(C)C)(C(C)C)C(C)C)cc1. The van der Waals surface area contributed by atoms with Crippen LogP contribution in [0.1, 0.15) is 54.0 Å². The maximum atomic E-state index is 12.5. The average Bonchev–Trinajstić information content (AvgIpc) is 2.59. The Morgan fingerprint density at radius 1 is 0.962 bits per heavy atom. The van der Waals surface area contributed by atoms with E-state index in [0.717, 1.165) is 11.3 Å². The van der Waals surface area contributed by atoms with Crippen molar-refractivity contribution in [1.29, 1.82) is 0 Å². The van der Waals surface area contributed by atoms with Gasteiger partial charge in [-0.15, -0.1) is 5.54 Å². The van der Waals surface area contributed by atoms with Crippen molar-refractivity contribution in [2.75, 3.05) is 7.11 Å². The smallest absolute Gasteiger partial charge is 0.233 e. The van der Waals surface area contributed by atoms with Crippen LogP contribution >= 0.6 is 0 Å². The summed E-state index contributed by atoms with van der Waals surface area (Å²) < 4.78 is 10.9. The van der Waals surface area contributed by atoms with Crippen LogP contribution < -0.4 is 4.74 Å². The first-order valence-corrected chi connectivity index (χ1v) is 11.7. The number of carbonyl (C=O) groups is 1. The number of hydrogen-bond acceptors (Lipinski definition) is 3. The minimum Gasteiger partial charge on any atom is -0.497 e. The maximum absolute atomic E-state index is 12.5.